The fraction of sp³-hybridized carbons (Fsp3) is 0.115. The van der Waals surface area contributed by atoms with Crippen LogP contribution in [0.3, 0.4) is 0 Å². The highest BCUT2D eigenvalue weighted by atomic mass is 14.4. The quantitative estimate of drug-likeness (QED) is 0.162. The smallest absolute Gasteiger partial charge is 0.0159 e. The van der Waals surface area contributed by atoms with Gasteiger partial charge < -0.3 is 0 Å². The van der Waals surface area contributed by atoms with E-state index in [0.717, 1.165) is 0 Å². The van der Waals surface area contributed by atoms with E-state index < -0.39 is 0 Å². The van der Waals surface area contributed by atoms with E-state index in [4.69, 9.17) is 0 Å². The van der Waals surface area contributed by atoms with Gasteiger partial charge in [0.1, 0.15) is 0 Å². The lowest BCUT2D eigenvalue weighted by Gasteiger charge is -2.25. The molecule has 0 heterocycles. The summed E-state index contributed by atoms with van der Waals surface area (Å²) >= 11 is 0. The number of hydrogen-bond acceptors (Lipinski definition) is 0. The molecule has 0 fully saturated rings. The van der Waals surface area contributed by atoms with Gasteiger partial charge in [-0.25, -0.2) is 0 Å². The van der Waals surface area contributed by atoms with Crippen LogP contribution in [-0.4, -0.2) is 0 Å². The second-order valence-corrected chi connectivity index (χ2v) is 16.1. The minimum atomic E-state index is -0.137. The van der Waals surface area contributed by atoms with Crippen molar-refractivity contribution in [3.8, 4) is 44.5 Å². The van der Waals surface area contributed by atoms with Gasteiger partial charge in [0.25, 0.3) is 0 Å². The summed E-state index contributed by atoms with van der Waals surface area (Å²) in [7, 11) is 0. The first-order valence-corrected chi connectivity index (χ1v) is 18.6. The van der Waals surface area contributed by atoms with Crippen molar-refractivity contribution in [3.05, 3.63) is 180 Å². The van der Waals surface area contributed by atoms with E-state index in [2.05, 4.69) is 185 Å². The van der Waals surface area contributed by atoms with Gasteiger partial charge in [0.2, 0.25) is 0 Å². The molecule has 0 heteroatoms. The van der Waals surface area contributed by atoms with Crippen LogP contribution in [0.1, 0.15) is 49.9 Å². The van der Waals surface area contributed by atoms with Crippen molar-refractivity contribution in [1.29, 1.82) is 0 Å². The Bertz CT molecular complexity index is 2810. The van der Waals surface area contributed by atoms with E-state index in [1.165, 1.54) is 110 Å². The Hall–Kier alpha value is -5.98. The van der Waals surface area contributed by atoms with E-state index >= 15 is 0 Å². The summed E-state index contributed by atoms with van der Waals surface area (Å²) in [6, 6.07) is 59.8. The summed E-state index contributed by atoms with van der Waals surface area (Å²) in [6.45, 7) is 9.65. The average molecular weight is 663 g/mol. The lowest BCUT2D eigenvalue weighted by molar-refractivity contribution is 0.662. The van der Waals surface area contributed by atoms with Gasteiger partial charge in [0, 0.05) is 10.8 Å². The monoisotopic (exact) mass is 662 g/mol. The molecular weight excluding hydrogens is 625 g/mol. The zero-order chi connectivity index (χ0) is 34.9. The standard InChI is InChI=1S/C52H38/c1-51(2)45-25-35-21-13-11-19-33(35)23-37(45)39-27-41-43(29-47(39)51)50(32-17-9-6-10-18-32)44-30-48-40(28-42(44)49(41)31-15-7-5-8-16-31)38-24-34-20-12-14-22-36(34)26-46(38)52(48,3)4/h5-30H,1-4H3. The van der Waals surface area contributed by atoms with Crippen molar-refractivity contribution in [1.82, 2.24) is 0 Å². The topological polar surface area (TPSA) is 0 Å². The lowest BCUT2D eigenvalue weighted by atomic mass is 9.77. The zero-order valence-corrected chi connectivity index (χ0v) is 30.0. The molecule has 0 bridgehead atoms. The van der Waals surface area contributed by atoms with Crippen LogP contribution in [0.4, 0.5) is 0 Å². The summed E-state index contributed by atoms with van der Waals surface area (Å²) in [5.74, 6) is 0. The molecule has 0 atom stereocenters. The fourth-order valence-electron chi connectivity index (χ4n) is 9.88. The van der Waals surface area contributed by atoms with E-state index in [9.17, 15) is 0 Å². The van der Waals surface area contributed by atoms with Crippen LogP contribution in [0, 0.1) is 0 Å². The van der Waals surface area contributed by atoms with Crippen molar-refractivity contribution in [2.24, 2.45) is 0 Å². The van der Waals surface area contributed by atoms with Crippen LogP contribution in [0.2, 0.25) is 0 Å². The van der Waals surface area contributed by atoms with Crippen LogP contribution in [0.5, 0.6) is 0 Å². The maximum Gasteiger partial charge on any atom is 0.0159 e. The number of benzene rings is 9. The van der Waals surface area contributed by atoms with Crippen LogP contribution in [-0.2, 0) is 10.8 Å². The molecule has 2 aliphatic carbocycles. The van der Waals surface area contributed by atoms with E-state index in [-0.39, 0.29) is 10.8 Å². The molecule has 2 aliphatic rings. The van der Waals surface area contributed by atoms with Crippen molar-refractivity contribution in [2.75, 3.05) is 0 Å². The molecule has 0 saturated carbocycles. The highest BCUT2D eigenvalue weighted by Crippen LogP contribution is 2.57. The maximum atomic E-state index is 2.56. The second kappa shape index (κ2) is 10.3. The third kappa shape index (κ3) is 3.93. The summed E-state index contributed by atoms with van der Waals surface area (Å²) < 4.78 is 0. The number of hydrogen-bond donors (Lipinski definition) is 0. The molecule has 9 aromatic rings. The molecule has 9 aromatic carbocycles. The van der Waals surface area contributed by atoms with Gasteiger partial charge in [0.05, 0.1) is 0 Å². The maximum absolute atomic E-state index is 2.56. The van der Waals surface area contributed by atoms with Crippen LogP contribution < -0.4 is 0 Å². The first-order valence-electron chi connectivity index (χ1n) is 18.6. The van der Waals surface area contributed by atoms with Crippen molar-refractivity contribution >= 4 is 43.1 Å². The van der Waals surface area contributed by atoms with Crippen LogP contribution in [0.15, 0.2) is 158 Å². The first kappa shape index (κ1) is 29.7. The molecule has 0 spiro atoms. The predicted octanol–water partition coefficient (Wildman–Crippen LogP) is 14.2. The predicted molar refractivity (Wildman–Crippen MR) is 222 cm³/mol. The minimum absolute atomic E-state index is 0.137. The molecular formula is C52H38. The van der Waals surface area contributed by atoms with Gasteiger partial charge in [-0.1, -0.05) is 137 Å². The Morgan fingerprint density at radius 2 is 0.577 bits per heavy atom. The Morgan fingerprint density at radius 1 is 0.288 bits per heavy atom. The Balaban J connectivity index is 1.33. The van der Waals surface area contributed by atoms with Gasteiger partial charge in [-0.15, -0.1) is 0 Å². The molecule has 0 amide bonds. The molecule has 0 nitrogen and oxygen atoms in total. The second-order valence-electron chi connectivity index (χ2n) is 16.1. The van der Waals surface area contributed by atoms with E-state index in [0.29, 0.717) is 0 Å². The molecule has 0 unspecified atom stereocenters. The molecule has 11 rings (SSSR count). The third-order valence-electron chi connectivity index (χ3n) is 12.6. The third-order valence-corrected chi connectivity index (χ3v) is 12.6. The molecule has 0 aromatic heterocycles. The van der Waals surface area contributed by atoms with E-state index in [1.54, 1.807) is 0 Å². The molecule has 0 radical (unpaired) electrons. The minimum Gasteiger partial charge on any atom is -0.0622 e. The van der Waals surface area contributed by atoms with Crippen LogP contribution >= 0.6 is 0 Å². The molecule has 0 saturated heterocycles. The largest absolute Gasteiger partial charge is 0.0622 e. The van der Waals surface area contributed by atoms with Gasteiger partial charge in [-0.2, -0.15) is 0 Å². The summed E-state index contributed by atoms with van der Waals surface area (Å²) in [5, 5.41) is 10.5. The Kier molecular flexibility index (Phi) is 5.89. The summed E-state index contributed by atoms with van der Waals surface area (Å²) in [6.07, 6.45) is 0. The highest BCUT2D eigenvalue weighted by molar-refractivity contribution is 6.23. The first-order chi connectivity index (χ1) is 25.3. The molecule has 0 N–H and O–H groups in total. The normalized spacial score (nSPS) is 14.8. The molecule has 0 aliphatic heterocycles. The van der Waals surface area contributed by atoms with E-state index in [1.807, 2.05) is 0 Å². The van der Waals surface area contributed by atoms with Crippen molar-refractivity contribution in [2.45, 2.75) is 38.5 Å². The SMILES string of the molecule is CC1(C)c2cc3ccccc3cc2-c2cc3c(-c4ccccc4)c4cc5c(cc4c(-c4ccccc4)c3cc21)C(C)(C)c1cc2ccccc2cc1-5. The van der Waals surface area contributed by atoms with Gasteiger partial charge in [-0.05, 0) is 158 Å². The Labute approximate surface area is 305 Å². The van der Waals surface area contributed by atoms with Gasteiger partial charge >= 0.3 is 0 Å². The zero-order valence-electron chi connectivity index (χ0n) is 30.0. The number of fused-ring (bicyclic) bond motifs is 10. The van der Waals surface area contributed by atoms with Gasteiger partial charge in [-0.3, -0.25) is 0 Å². The summed E-state index contributed by atoms with van der Waals surface area (Å²) in [5.41, 5.74) is 15.9. The lowest BCUT2D eigenvalue weighted by Crippen LogP contribution is -2.15. The average Bonchev–Trinajstić information content (AvgIpc) is 3.51. The van der Waals surface area contributed by atoms with Crippen molar-refractivity contribution in [3.63, 3.8) is 0 Å². The van der Waals surface area contributed by atoms with Gasteiger partial charge in [0.15, 0.2) is 0 Å². The molecule has 52 heavy (non-hydrogen) atoms. The number of rotatable bonds is 2. The highest BCUT2D eigenvalue weighted by Gasteiger charge is 2.39. The summed E-state index contributed by atoms with van der Waals surface area (Å²) in [4.78, 5) is 0. The Morgan fingerprint density at radius 3 is 0.962 bits per heavy atom. The van der Waals surface area contributed by atoms with Crippen LogP contribution in [0.25, 0.3) is 87.6 Å². The molecule has 246 valence electrons. The fourth-order valence-corrected chi connectivity index (χ4v) is 9.88. The van der Waals surface area contributed by atoms with Crippen molar-refractivity contribution < 1.29 is 0 Å².